The highest BCUT2D eigenvalue weighted by Crippen LogP contribution is 2.28. The topological polar surface area (TPSA) is 71.2 Å². The molecule has 1 aromatic heterocycles. The number of hydrazine groups is 1. The minimum absolute atomic E-state index is 0.169. The predicted octanol–water partition coefficient (Wildman–Crippen LogP) is 1.53. The molecule has 1 heterocycles. The molecule has 0 unspecified atom stereocenters. The first kappa shape index (κ1) is 8.77. The first-order chi connectivity index (χ1) is 6.72. The van der Waals surface area contributed by atoms with Crippen molar-refractivity contribution in [1.29, 1.82) is 0 Å². The Morgan fingerprint density at radius 1 is 1.43 bits per heavy atom. The normalized spacial score (nSPS) is 10.4. The van der Waals surface area contributed by atoms with Crippen molar-refractivity contribution in [1.82, 2.24) is 4.98 Å². The van der Waals surface area contributed by atoms with Gasteiger partial charge in [0.25, 0.3) is 0 Å². The van der Waals surface area contributed by atoms with Crippen LogP contribution in [0.5, 0.6) is 5.75 Å². The quantitative estimate of drug-likeness (QED) is 0.470. The first-order valence-corrected chi connectivity index (χ1v) is 4.28. The number of hydrogen-bond donors (Lipinski definition) is 3. The van der Waals surface area contributed by atoms with E-state index in [1.54, 1.807) is 12.1 Å². The molecule has 14 heavy (non-hydrogen) atoms. The van der Waals surface area contributed by atoms with Crippen LogP contribution in [-0.2, 0) is 0 Å². The molecule has 2 aromatic rings. The number of para-hydroxylation sites is 1. The molecule has 0 atom stereocenters. The Hall–Kier alpha value is -1.81. The van der Waals surface area contributed by atoms with Crippen LogP contribution in [-0.4, -0.2) is 10.1 Å². The van der Waals surface area contributed by atoms with E-state index in [0.717, 1.165) is 16.8 Å². The first-order valence-electron chi connectivity index (χ1n) is 4.28. The molecule has 0 aliphatic rings. The summed E-state index contributed by atoms with van der Waals surface area (Å²) in [6.07, 6.45) is 0. The number of nitrogen functional groups attached to an aromatic ring is 1. The maximum absolute atomic E-state index is 9.58. The number of nitrogens with two attached hydrogens (primary N) is 1. The van der Waals surface area contributed by atoms with Crippen LogP contribution >= 0.6 is 0 Å². The molecule has 0 bridgehead atoms. The number of aromatic hydroxyl groups is 1. The molecular formula is C10H11N3O. The van der Waals surface area contributed by atoms with E-state index in [4.69, 9.17) is 5.84 Å². The monoisotopic (exact) mass is 189 g/mol. The van der Waals surface area contributed by atoms with Gasteiger partial charge in [-0.05, 0) is 19.1 Å². The van der Waals surface area contributed by atoms with E-state index < -0.39 is 0 Å². The van der Waals surface area contributed by atoms with E-state index >= 15 is 0 Å². The van der Waals surface area contributed by atoms with Gasteiger partial charge in [0.05, 0.1) is 5.69 Å². The third-order valence-corrected chi connectivity index (χ3v) is 2.10. The van der Waals surface area contributed by atoms with E-state index in [1.165, 1.54) is 0 Å². The molecule has 0 fully saturated rings. The zero-order valence-electron chi connectivity index (χ0n) is 7.78. The fraction of sp³-hybridized carbons (Fsp3) is 0.100. The van der Waals surface area contributed by atoms with E-state index in [2.05, 4.69) is 10.4 Å². The lowest BCUT2D eigenvalue weighted by Gasteiger charge is -2.07. The average molecular weight is 189 g/mol. The van der Waals surface area contributed by atoms with Crippen LogP contribution in [0.25, 0.3) is 10.9 Å². The Balaban J connectivity index is 2.87. The second-order valence-corrected chi connectivity index (χ2v) is 3.13. The Morgan fingerprint density at radius 3 is 2.93 bits per heavy atom. The highest BCUT2D eigenvalue weighted by Gasteiger charge is 2.05. The van der Waals surface area contributed by atoms with Crippen molar-refractivity contribution >= 4 is 16.6 Å². The van der Waals surface area contributed by atoms with Crippen LogP contribution in [0.1, 0.15) is 5.69 Å². The van der Waals surface area contributed by atoms with Crippen LogP contribution < -0.4 is 11.3 Å². The molecular weight excluding hydrogens is 178 g/mol. The van der Waals surface area contributed by atoms with Crippen molar-refractivity contribution in [2.24, 2.45) is 5.84 Å². The van der Waals surface area contributed by atoms with Crippen LogP contribution in [0, 0.1) is 6.92 Å². The average Bonchev–Trinajstić information content (AvgIpc) is 2.18. The zero-order chi connectivity index (χ0) is 10.1. The van der Waals surface area contributed by atoms with Crippen LogP contribution in [0.3, 0.4) is 0 Å². The summed E-state index contributed by atoms with van der Waals surface area (Å²) < 4.78 is 0. The van der Waals surface area contributed by atoms with Crippen LogP contribution in [0.4, 0.5) is 5.69 Å². The van der Waals surface area contributed by atoms with Crippen molar-refractivity contribution in [3.05, 3.63) is 30.0 Å². The number of phenolic OH excluding ortho intramolecular Hbond substituents is 1. The van der Waals surface area contributed by atoms with E-state index in [-0.39, 0.29) is 5.75 Å². The molecule has 4 N–H and O–H groups in total. The molecule has 0 amide bonds. The van der Waals surface area contributed by atoms with Gasteiger partial charge in [-0.3, -0.25) is 5.84 Å². The van der Waals surface area contributed by atoms with E-state index in [9.17, 15) is 5.11 Å². The SMILES string of the molecule is Cc1cc(NN)c2cccc(O)c2n1. The summed E-state index contributed by atoms with van der Waals surface area (Å²) >= 11 is 0. The summed E-state index contributed by atoms with van der Waals surface area (Å²) in [4.78, 5) is 4.24. The highest BCUT2D eigenvalue weighted by molar-refractivity contribution is 5.94. The lowest BCUT2D eigenvalue weighted by atomic mass is 10.1. The number of phenols is 1. The van der Waals surface area contributed by atoms with Crippen LogP contribution in [0.15, 0.2) is 24.3 Å². The lowest BCUT2D eigenvalue weighted by Crippen LogP contribution is -2.07. The molecule has 4 heteroatoms. The zero-order valence-corrected chi connectivity index (χ0v) is 7.78. The Kier molecular flexibility index (Phi) is 1.98. The van der Waals surface area contributed by atoms with Gasteiger partial charge in [-0.25, -0.2) is 4.98 Å². The van der Waals surface area contributed by atoms with Gasteiger partial charge in [0.15, 0.2) is 0 Å². The lowest BCUT2D eigenvalue weighted by molar-refractivity contribution is 0.480. The van der Waals surface area contributed by atoms with Crippen molar-refractivity contribution in [2.75, 3.05) is 5.43 Å². The van der Waals surface area contributed by atoms with E-state index in [0.29, 0.717) is 5.52 Å². The third kappa shape index (κ3) is 1.25. The molecule has 4 nitrogen and oxygen atoms in total. The summed E-state index contributed by atoms with van der Waals surface area (Å²) in [5.74, 6) is 5.54. The Morgan fingerprint density at radius 2 is 2.21 bits per heavy atom. The molecule has 0 saturated heterocycles. The maximum Gasteiger partial charge on any atom is 0.141 e. The number of hydrogen-bond acceptors (Lipinski definition) is 4. The van der Waals surface area contributed by atoms with Gasteiger partial charge in [0.1, 0.15) is 11.3 Å². The Bertz CT molecular complexity index is 482. The number of pyridine rings is 1. The summed E-state index contributed by atoms with van der Waals surface area (Å²) in [7, 11) is 0. The maximum atomic E-state index is 9.58. The van der Waals surface area contributed by atoms with Crippen molar-refractivity contribution in [3.8, 4) is 5.75 Å². The number of anilines is 1. The molecule has 0 aliphatic carbocycles. The number of nitrogens with zero attached hydrogens (tertiary/aromatic N) is 1. The molecule has 0 radical (unpaired) electrons. The number of benzene rings is 1. The molecule has 0 aliphatic heterocycles. The highest BCUT2D eigenvalue weighted by atomic mass is 16.3. The van der Waals surface area contributed by atoms with Crippen molar-refractivity contribution < 1.29 is 5.11 Å². The fourth-order valence-electron chi connectivity index (χ4n) is 1.48. The Labute approximate surface area is 81.4 Å². The van der Waals surface area contributed by atoms with Gasteiger partial charge in [0.2, 0.25) is 0 Å². The molecule has 72 valence electrons. The van der Waals surface area contributed by atoms with Crippen molar-refractivity contribution in [3.63, 3.8) is 0 Å². The molecule has 1 aromatic carbocycles. The number of rotatable bonds is 1. The molecule has 0 spiro atoms. The number of aromatic nitrogens is 1. The second kappa shape index (κ2) is 3.16. The second-order valence-electron chi connectivity index (χ2n) is 3.13. The van der Waals surface area contributed by atoms with Gasteiger partial charge in [-0.1, -0.05) is 12.1 Å². The van der Waals surface area contributed by atoms with E-state index in [1.807, 2.05) is 19.1 Å². The standard InChI is InChI=1S/C10H11N3O/c1-6-5-8(13-11)7-3-2-4-9(14)10(7)12-6/h2-5,14H,11H2,1H3,(H,12,13). The fourth-order valence-corrected chi connectivity index (χ4v) is 1.48. The van der Waals surface area contributed by atoms with Crippen LogP contribution in [0.2, 0.25) is 0 Å². The van der Waals surface area contributed by atoms with Gasteiger partial charge in [-0.2, -0.15) is 0 Å². The van der Waals surface area contributed by atoms with Gasteiger partial charge < -0.3 is 10.5 Å². The third-order valence-electron chi connectivity index (χ3n) is 2.10. The number of aryl methyl sites for hydroxylation is 1. The predicted molar refractivity (Wildman–Crippen MR) is 56.0 cm³/mol. The minimum atomic E-state index is 0.169. The largest absolute Gasteiger partial charge is 0.506 e. The summed E-state index contributed by atoms with van der Waals surface area (Å²) in [5.41, 5.74) is 4.74. The van der Waals surface area contributed by atoms with Gasteiger partial charge in [-0.15, -0.1) is 0 Å². The van der Waals surface area contributed by atoms with Gasteiger partial charge >= 0.3 is 0 Å². The molecule has 0 saturated carbocycles. The smallest absolute Gasteiger partial charge is 0.141 e. The number of nitrogens with one attached hydrogen (secondary N) is 1. The molecule has 2 rings (SSSR count). The number of fused-ring (bicyclic) bond motifs is 1. The van der Waals surface area contributed by atoms with Crippen molar-refractivity contribution in [2.45, 2.75) is 6.92 Å². The summed E-state index contributed by atoms with van der Waals surface area (Å²) in [6.45, 7) is 1.85. The summed E-state index contributed by atoms with van der Waals surface area (Å²) in [6, 6.07) is 7.06. The van der Waals surface area contributed by atoms with Gasteiger partial charge in [0, 0.05) is 11.1 Å². The minimum Gasteiger partial charge on any atom is -0.506 e. The summed E-state index contributed by atoms with van der Waals surface area (Å²) in [5, 5.41) is 10.4.